The summed E-state index contributed by atoms with van der Waals surface area (Å²) in [6, 6.07) is 28.9. The van der Waals surface area contributed by atoms with Crippen LogP contribution in [0.15, 0.2) is 101 Å². The third kappa shape index (κ3) is 5.81. The highest BCUT2D eigenvalue weighted by molar-refractivity contribution is 9.10. The zero-order chi connectivity index (χ0) is 20.5. The summed E-state index contributed by atoms with van der Waals surface area (Å²) in [6.07, 6.45) is 1.46. The topological polar surface area (TPSA) is 64.9 Å². The molecule has 0 heterocycles. The van der Waals surface area contributed by atoms with Crippen LogP contribution in [0.4, 0.5) is 0 Å². The predicted octanol–water partition coefficient (Wildman–Crippen LogP) is 4.85. The third-order valence-electron chi connectivity index (χ3n) is 4.37. The van der Waals surface area contributed by atoms with Gasteiger partial charge in [0.25, 0.3) is 5.91 Å². The van der Waals surface area contributed by atoms with Gasteiger partial charge in [0.1, 0.15) is 11.6 Å². The number of halogens is 1. The Balaban J connectivity index is 1.73. The highest BCUT2D eigenvalue weighted by atomic mass is 79.9. The van der Waals surface area contributed by atoms with Crippen LogP contribution >= 0.6 is 15.9 Å². The summed E-state index contributed by atoms with van der Waals surface area (Å²) in [5.74, 6) is -0.423. The zero-order valence-electron chi connectivity index (χ0n) is 15.7. The van der Waals surface area contributed by atoms with Crippen LogP contribution in [-0.2, 0) is 11.3 Å². The van der Waals surface area contributed by atoms with Crippen molar-refractivity contribution in [1.82, 2.24) is 10.6 Å². The Morgan fingerprint density at radius 1 is 0.931 bits per heavy atom. The predicted molar refractivity (Wildman–Crippen MR) is 118 cm³/mol. The number of amides is 1. The van der Waals surface area contributed by atoms with Crippen LogP contribution in [-0.4, -0.2) is 5.91 Å². The first-order chi connectivity index (χ1) is 14.2. The molecule has 0 fully saturated rings. The van der Waals surface area contributed by atoms with Crippen LogP contribution in [0.1, 0.15) is 22.7 Å². The molecule has 0 aliphatic heterocycles. The van der Waals surface area contributed by atoms with E-state index in [4.69, 9.17) is 0 Å². The minimum atomic E-state index is -0.423. The summed E-state index contributed by atoms with van der Waals surface area (Å²) in [4.78, 5) is 12.8. The smallest absolute Gasteiger partial charge is 0.264 e. The summed E-state index contributed by atoms with van der Waals surface area (Å²) in [6.45, 7) is 0.520. The van der Waals surface area contributed by atoms with Gasteiger partial charge in [-0.2, -0.15) is 5.26 Å². The van der Waals surface area contributed by atoms with E-state index in [2.05, 4.69) is 26.6 Å². The van der Waals surface area contributed by atoms with E-state index in [9.17, 15) is 10.1 Å². The highest BCUT2D eigenvalue weighted by Crippen LogP contribution is 2.22. The van der Waals surface area contributed by atoms with Crippen molar-refractivity contribution in [3.8, 4) is 6.07 Å². The number of hydrogen-bond donors (Lipinski definition) is 2. The maximum absolute atomic E-state index is 12.8. The molecule has 0 radical (unpaired) electrons. The van der Waals surface area contributed by atoms with Crippen molar-refractivity contribution in [2.45, 2.75) is 12.6 Å². The van der Waals surface area contributed by atoms with Gasteiger partial charge in [-0.3, -0.25) is 4.79 Å². The average Bonchev–Trinajstić information content (AvgIpc) is 2.77. The maximum atomic E-state index is 12.8. The molecule has 0 saturated heterocycles. The van der Waals surface area contributed by atoms with Gasteiger partial charge in [-0.25, -0.2) is 0 Å². The van der Waals surface area contributed by atoms with E-state index in [1.54, 1.807) is 0 Å². The van der Waals surface area contributed by atoms with Crippen molar-refractivity contribution in [3.63, 3.8) is 0 Å². The van der Waals surface area contributed by atoms with Crippen LogP contribution in [0.5, 0.6) is 0 Å². The lowest BCUT2D eigenvalue weighted by molar-refractivity contribution is -0.117. The molecule has 5 heteroatoms. The number of carbonyl (C=O) groups is 1. The molecule has 0 unspecified atom stereocenters. The first kappa shape index (κ1) is 20.4. The molecule has 3 rings (SSSR count). The van der Waals surface area contributed by atoms with Crippen LogP contribution in [0.25, 0.3) is 0 Å². The van der Waals surface area contributed by atoms with Crippen LogP contribution in [0.3, 0.4) is 0 Å². The first-order valence-corrected chi connectivity index (χ1v) is 9.95. The first-order valence-electron chi connectivity index (χ1n) is 9.16. The van der Waals surface area contributed by atoms with Crippen LogP contribution in [0, 0.1) is 11.3 Å². The third-order valence-corrected chi connectivity index (χ3v) is 4.90. The molecule has 144 valence electrons. The van der Waals surface area contributed by atoms with Gasteiger partial charge in [0.2, 0.25) is 0 Å². The van der Waals surface area contributed by atoms with Crippen molar-refractivity contribution in [2.75, 3.05) is 0 Å². The highest BCUT2D eigenvalue weighted by Gasteiger charge is 2.19. The summed E-state index contributed by atoms with van der Waals surface area (Å²) in [5, 5.41) is 15.5. The number of nitriles is 1. The van der Waals surface area contributed by atoms with E-state index in [-0.39, 0.29) is 11.6 Å². The average molecular weight is 446 g/mol. The molecule has 0 atom stereocenters. The molecule has 2 N–H and O–H groups in total. The lowest BCUT2D eigenvalue weighted by Crippen LogP contribution is -2.30. The van der Waals surface area contributed by atoms with E-state index in [1.807, 2.05) is 91.0 Å². The number of carbonyl (C=O) groups excluding carboxylic acids is 1. The van der Waals surface area contributed by atoms with Crippen molar-refractivity contribution < 1.29 is 4.79 Å². The molecular formula is C24H20BrN3O. The Morgan fingerprint density at radius 3 is 2.00 bits per heavy atom. The normalized spacial score (nSPS) is 11.0. The Labute approximate surface area is 179 Å². The summed E-state index contributed by atoms with van der Waals surface area (Å²) >= 11 is 3.40. The molecule has 0 spiro atoms. The summed E-state index contributed by atoms with van der Waals surface area (Å²) < 4.78 is 1.00. The van der Waals surface area contributed by atoms with E-state index in [1.165, 1.54) is 6.20 Å². The minimum absolute atomic E-state index is 0.0268. The fourth-order valence-corrected chi connectivity index (χ4v) is 3.15. The summed E-state index contributed by atoms with van der Waals surface area (Å²) in [5.41, 5.74) is 2.98. The molecule has 0 bridgehead atoms. The van der Waals surface area contributed by atoms with Gasteiger partial charge in [0.15, 0.2) is 0 Å². The van der Waals surface area contributed by atoms with E-state index in [0.29, 0.717) is 6.54 Å². The molecule has 0 aliphatic rings. The monoisotopic (exact) mass is 445 g/mol. The van der Waals surface area contributed by atoms with Crippen molar-refractivity contribution in [3.05, 3.63) is 118 Å². The van der Waals surface area contributed by atoms with E-state index in [0.717, 1.165) is 21.2 Å². The second-order valence-electron chi connectivity index (χ2n) is 6.41. The number of benzene rings is 3. The number of hydrogen-bond acceptors (Lipinski definition) is 3. The van der Waals surface area contributed by atoms with Gasteiger partial charge in [-0.1, -0.05) is 88.7 Å². The molecule has 0 aliphatic carbocycles. The lowest BCUT2D eigenvalue weighted by Gasteiger charge is -2.19. The standard InChI is InChI=1S/C24H20BrN3O/c25-22-13-11-18(12-14-22)16-27-17-21(15-26)24(29)28-23(19-7-3-1-4-8-19)20-9-5-2-6-10-20/h1-14,17,23,27H,16H2,(H,28,29)/b21-17-. The van der Waals surface area contributed by atoms with Crippen LogP contribution in [0.2, 0.25) is 0 Å². The number of rotatable bonds is 7. The van der Waals surface area contributed by atoms with Gasteiger partial charge in [-0.15, -0.1) is 0 Å². The van der Waals surface area contributed by atoms with E-state index >= 15 is 0 Å². The molecule has 4 nitrogen and oxygen atoms in total. The molecule has 29 heavy (non-hydrogen) atoms. The van der Waals surface area contributed by atoms with Crippen molar-refractivity contribution in [1.29, 1.82) is 5.26 Å². The summed E-state index contributed by atoms with van der Waals surface area (Å²) in [7, 11) is 0. The molecule has 0 saturated carbocycles. The fraction of sp³-hybridized carbons (Fsp3) is 0.0833. The quantitative estimate of drug-likeness (QED) is 0.403. The van der Waals surface area contributed by atoms with E-state index < -0.39 is 5.91 Å². The molecule has 0 aromatic heterocycles. The lowest BCUT2D eigenvalue weighted by atomic mass is 9.98. The fourth-order valence-electron chi connectivity index (χ4n) is 2.88. The van der Waals surface area contributed by atoms with Gasteiger partial charge in [0, 0.05) is 17.2 Å². The maximum Gasteiger partial charge on any atom is 0.264 e. The Morgan fingerprint density at radius 2 is 1.48 bits per heavy atom. The largest absolute Gasteiger partial charge is 0.386 e. The Kier molecular flexibility index (Phi) is 7.21. The van der Waals surface area contributed by atoms with Gasteiger partial charge in [0.05, 0.1) is 6.04 Å². The SMILES string of the molecule is N#C/C(=C/NCc1ccc(Br)cc1)C(=O)NC(c1ccccc1)c1ccccc1. The van der Waals surface area contributed by atoms with Gasteiger partial charge < -0.3 is 10.6 Å². The Hall–Kier alpha value is -3.36. The molecule has 3 aromatic rings. The molecular weight excluding hydrogens is 426 g/mol. The van der Waals surface area contributed by atoms with Crippen molar-refractivity contribution in [2.24, 2.45) is 0 Å². The second-order valence-corrected chi connectivity index (χ2v) is 7.32. The minimum Gasteiger partial charge on any atom is -0.386 e. The zero-order valence-corrected chi connectivity index (χ0v) is 17.3. The van der Waals surface area contributed by atoms with Gasteiger partial charge >= 0.3 is 0 Å². The van der Waals surface area contributed by atoms with Crippen molar-refractivity contribution >= 4 is 21.8 Å². The van der Waals surface area contributed by atoms with Gasteiger partial charge in [-0.05, 0) is 28.8 Å². The molecule has 3 aromatic carbocycles. The Bertz CT molecular complexity index is 970. The number of nitrogens with zero attached hydrogens (tertiary/aromatic N) is 1. The second kappa shape index (κ2) is 10.3. The number of nitrogens with one attached hydrogen (secondary N) is 2. The van der Waals surface area contributed by atoms with Crippen LogP contribution < -0.4 is 10.6 Å². The molecule has 1 amide bonds.